The van der Waals surface area contributed by atoms with Gasteiger partial charge < -0.3 is 9.47 Å². The van der Waals surface area contributed by atoms with Gasteiger partial charge in [0.1, 0.15) is 17.1 Å². The maximum absolute atomic E-state index is 12.6. The van der Waals surface area contributed by atoms with Gasteiger partial charge in [0.05, 0.1) is 6.61 Å². The summed E-state index contributed by atoms with van der Waals surface area (Å²) in [7, 11) is 0. The van der Waals surface area contributed by atoms with E-state index in [2.05, 4.69) is 22.9 Å². The number of para-hydroxylation sites is 1. The molecule has 0 spiro atoms. The van der Waals surface area contributed by atoms with Crippen LogP contribution in [0.5, 0.6) is 11.5 Å². The first-order valence-electron chi connectivity index (χ1n) is 7.74. The zero-order valence-corrected chi connectivity index (χ0v) is 15.3. The molecule has 0 aliphatic heterocycles. The monoisotopic (exact) mass is 376 g/mol. The topological polar surface area (TPSA) is 35.5 Å². The molecule has 0 bridgehead atoms. The summed E-state index contributed by atoms with van der Waals surface area (Å²) in [5.41, 5.74) is 2.37. The molecule has 2 aromatic rings. The molecule has 2 aromatic carbocycles. The van der Waals surface area contributed by atoms with Crippen molar-refractivity contribution in [2.75, 3.05) is 6.61 Å². The molecule has 0 aliphatic carbocycles. The number of rotatable bonds is 6. The van der Waals surface area contributed by atoms with Crippen LogP contribution in [0.3, 0.4) is 0 Å². The highest BCUT2D eigenvalue weighted by atomic mass is 79.9. The minimum atomic E-state index is -0.393. The Bertz CT molecular complexity index is 681. The highest BCUT2D eigenvalue weighted by molar-refractivity contribution is 9.10. The van der Waals surface area contributed by atoms with Gasteiger partial charge in [0.15, 0.2) is 0 Å². The average Bonchev–Trinajstić information content (AvgIpc) is 2.54. The normalized spacial score (nSPS) is 10.4. The van der Waals surface area contributed by atoms with Gasteiger partial charge in [0, 0.05) is 4.47 Å². The van der Waals surface area contributed by atoms with Crippen LogP contribution in [0.15, 0.2) is 40.9 Å². The SMILES string of the molecule is CCCCOc1cc(Br)c(C)c(C)c1C(=O)Oc1ccccc1. The molecule has 0 saturated heterocycles. The highest BCUT2D eigenvalue weighted by Crippen LogP contribution is 2.32. The van der Waals surface area contributed by atoms with Gasteiger partial charge in [-0.25, -0.2) is 4.79 Å². The predicted octanol–water partition coefficient (Wildman–Crippen LogP) is 5.46. The van der Waals surface area contributed by atoms with Crippen LogP contribution in [-0.4, -0.2) is 12.6 Å². The standard InChI is InChI=1S/C19H21BrO3/c1-4-5-11-22-17-12-16(20)13(2)14(3)18(17)19(21)23-15-9-7-6-8-10-15/h6-10,12H,4-5,11H2,1-3H3. The lowest BCUT2D eigenvalue weighted by atomic mass is 10.0. The Kier molecular flexibility index (Phi) is 6.22. The van der Waals surface area contributed by atoms with Crippen LogP contribution in [0, 0.1) is 13.8 Å². The molecule has 0 N–H and O–H groups in total. The largest absolute Gasteiger partial charge is 0.493 e. The molecule has 0 atom stereocenters. The molecule has 0 aliphatic rings. The van der Waals surface area contributed by atoms with Crippen molar-refractivity contribution in [1.82, 2.24) is 0 Å². The summed E-state index contributed by atoms with van der Waals surface area (Å²) in [4.78, 5) is 12.6. The molecule has 122 valence electrons. The Morgan fingerprint density at radius 3 is 2.48 bits per heavy atom. The van der Waals surface area contributed by atoms with E-state index in [1.807, 2.05) is 38.1 Å². The molecule has 0 unspecified atom stereocenters. The van der Waals surface area contributed by atoms with Crippen molar-refractivity contribution in [1.29, 1.82) is 0 Å². The molecule has 0 radical (unpaired) electrons. The Balaban J connectivity index is 2.34. The number of ether oxygens (including phenoxy) is 2. The third kappa shape index (κ3) is 4.35. The van der Waals surface area contributed by atoms with E-state index < -0.39 is 5.97 Å². The molecule has 2 rings (SSSR count). The Labute approximate surface area is 145 Å². The summed E-state index contributed by atoms with van der Waals surface area (Å²) < 4.78 is 12.2. The number of esters is 1. The lowest BCUT2D eigenvalue weighted by Gasteiger charge is -2.16. The summed E-state index contributed by atoms with van der Waals surface area (Å²) in [6, 6.07) is 10.9. The summed E-state index contributed by atoms with van der Waals surface area (Å²) in [6.45, 7) is 6.56. The molecule has 23 heavy (non-hydrogen) atoms. The molecule has 0 aromatic heterocycles. The summed E-state index contributed by atoms with van der Waals surface area (Å²) in [6.07, 6.45) is 1.98. The van der Waals surface area contributed by atoms with Gasteiger partial charge in [-0.15, -0.1) is 0 Å². The molecule has 3 nitrogen and oxygen atoms in total. The van der Waals surface area contributed by atoms with Crippen LogP contribution >= 0.6 is 15.9 Å². The third-order valence-corrected chi connectivity index (χ3v) is 4.54. The number of halogens is 1. The van der Waals surface area contributed by atoms with Crippen LogP contribution in [0.2, 0.25) is 0 Å². The van der Waals surface area contributed by atoms with Crippen molar-refractivity contribution in [3.05, 3.63) is 57.6 Å². The average molecular weight is 377 g/mol. The Hall–Kier alpha value is -1.81. The van der Waals surface area contributed by atoms with Crippen LogP contribution in [-0.2, 0) is 0 Å². The van der Waals surface area contributed by atoms with Crippen LogP contribution in [0.25, 0.3) is 0 Å². The lowest BCUT2D eigenvalue weighted by Crippen LogP contribution is -2.14. The van der Waals surface area contributed by atoms with Crippen molar-refractivity contribution in [2.24, 2.45) is 0 Å². The zero-order valence-electron chi connectivity index (χ0n) is 13.7. The predicted molar refractivity (Wildman–Crippen MR) is 95.4 cm³/mol. The molecule has 0 heterocycles. The lowest BCUT2D eigenvalue weighted by molar-refractivity contribution is 0.0729. The van der Waals surface area contributed by atoms with Gasteiger partial charge in [0.2, 0.25) is 0 Å². The maximum Gasteiger partial charge on any atom is 0.347 e. The van der Waals surface area contributed by atoms with E-state index in [0.29, 0.717) is 23.7 Å². The second-order valence-corrected chi connectivity index (χ2v) is 6.24. The van der Waals surface area contributed by atoms with Crippen LogP contribution in [0.4, 0.5) is 0 Å². The van der Waals surface area contributed by atoms with Crippen molar-refractivity contribution >= 4 is 21.9 Å². The third-order valence-electron chi connectivity index (χ3n) is 3.71. The smallest absolute Gasteiger partial charge is 0.347 e. The fourth-order valence-corrected chi connectivity index (χ4v) is 2.69. The fraction of sp³-hybridized carbons (Fsp3) is 0.316. The van der Waals surface area contributed by atoms with E-state index >= 15 is 0 Å². The molecule has 4 heteroatoms. The summed E-state index contributed by atoms with van der Waals surface area (Å²) in [5, 5.41) is 0. The zero-order chi connectivity index (χ0) is 16.8. The number of carbonyl (C=O) groups is 1. The molecule has 0 amide bonds. The second-order valence-electron chi connectivity index (χ2n) is 5.39. The quantitative estimate of drug-likeness (QED) is 0.381. The first kappa shape index (κ1) is 17.5. The van der Waals surface area contributed by atoms with E-state index in [9.17, 15) is 4.79 Å². The Morgan fingerprint density at radius 1 is 1.13 bits per heavy atom. The molecule has 0 saturated carbocycles. The van der Waals surface area contributed by atoms with Gasteiger partial charge in [-0.05, 0) is 49.6 Å². The summed E-state index contributed by atoms with van der Waals surface area (Å²) in [5.74, 6) is 0.696. The molecular formula is C19H21BrO3. The highest BCUT2D eigenvalue weighted by Gasteiger charge is 2.21. The minimum Gasteiger partial charge on any atom is -0.493 e. The number of hydrogen-bond acceptors (Lipinski definition) is 3. The van der Waals surface area contributed by atoms with Crippen molar-refractivity contribution in [2.45, 2.75) is 33.6 Å². The van der Waals surface area contributed by atoms with Crippen molar-refractivity contribution in [3.63, 3.8) is 0 Å². The first-order valence-corrected chi connectivity index (χ1v) is 8.53. The Morgan fingerprint density at radius 2 is 1.83 bits per heavy atom. The van der Waals surface area contributed by atoms with E-state index in [1.165, 1.54) is 0 Å². The van der Waals surface area contributed by atoms with Gasteiger partial charge in [-0.1, -0.05) is 47.5 Å². The van der Waals surface area contributed by atoms with Crippen molar-refractivity contribution < 1.29 is 14.3 Å². The number of benzene rings is 2. The maximum atomic E-state index is 12.6. The fourth-order valence-electron chi connectivity index (χ4n) is 2.19. The van der Waals surface area contributed by atoms with E-state index in [1.54, 1.807) is 12.1 Å². The van der Waals surface area contributed by atoms with Gasteiger partial charge >= 0.3 is 5.97 Å². The molecule has 0 fully saturated rings. The van der Waals surface area contributed by atoms with Crippen molar-refractivity contribution in [3.8, 4) is 11.5 Å². The first-order chi connectivity index (χ1) is 11.0. The van der Waals surface area contributed by atoms with E-state index in [-0.39, 0.29) is 0 Å². The van der Waals surface area contributed by atoms with Crippen LogP contribution in [0.1, 0.15) is 41.3 Å². The van der Waals surface area contributed by atoms with Crippen LogP contribution < -0.4 is 9.47 Å². The second kappa shape index (κ2) is 8.16. The number of unbranched alkanes of at least 4 members (excludes halogenated alkanes) is 1. The van der Waals surface area contributed by atoms with Gasteiger partial charge in [0.25, 0.3) is 0 Å². The van der Waals surface area contributed by atoms with E-state index in [4.69, 9.17) is 9.47 Å². The number of carbonyl (C=O) groups excluding carboxylic acids is 1. The van der Waals surface area contributed by atoms with Gasteiger partial charge in [-0.3, -0.25) is 0 Å². The number of hydrogen-bond donors (Lipinski definition) is 0. The minimum absolute atomic E-state index is 0.393. The van der Waals surface area contributed by atoms with Gasteiger partial charge in [-0.2, -0.15) is 0 Å². The summed E-state index contributed by atoms with van der Waals surface area (Å²) >= 11 is 3.52. The molecular weight excluding hydrogens is 356 g/mol. The van der Waals surface area contributed by atoms with E-state index in [0.717, 1.165) is 28.4 Å².